The molecule has 0 radical (unpaired) electrons. The summed E-state index contributed by atoms with van der Waals surface area (Å²) in [5, 5.41) is 7.46. The highest BCUT2D eigenvalue weighted by molar-refractivity contribution is 7.89. The lowest BCUT2D eigenvalue weighted by Gasteiger charge is -2.16. The van der Waals surface area contributed by atoms with E-state index < -0.39 is 10.0 Å². The van der Waals surface area contributed by atoms with E-state index in [-0.39, 0.29) is 5.75 Å². The number of nitrogens with one attached hydrogen (secondary N) is 1. The predicted octanol–water partition coefficient (Wildman–Crippen LogP) is 3.85. The van der Waals surface area contributed by atoms with Crippen molar-refractivity contribution < 1.29 is 8.42 Å². The van der Waals surface area contributed by atoms with Crippen LogP contribution in [0.2, 0.25) is 0 Å². The van der Waals surface area contributed by atoms with Gasteiger partial charge in [0, 0.05) is 24.8 Å². The van der Waals surface area contributed by atoms with Crippen LogP contribution in [0.3, 0.4) is 0 Å². The summed E-state index contributed by atoms with van der Waals surface area (Å²) < 4.78 is 25.6. The summed E-state index contributed by atoms with van der Waals surface area (Å²) in [5.74, 6) is 0.260. The second kappa shape index (κ2) is 9.73. The number of unbranched alkanes of at least 4 members (excludes halogenated alkanes) is 3. The zero-order chi connectivity index (χ0) is 18.1. The van der Waals surface area contributed by atoms with Crippen molar-refractivity contribution in [2.75, 3.05) is 19.3 Å². The highest BCUT2D eigenvalue weighted by Crippen LogP contribution is 2.18. The molecule has 0 amide bonds. The molecule has 0 aliphatic carbocycles. The van der Waals surface area contributed by atoms with Crippen molar-refractivity contribution >= 4 is 10.0 Å². The largest absolute Gasteiger partial charge is 0.282 e. The molecule has 0 atom stereocenters. The van der Waals surface area contributed by atoms with Gasteiger partial charge in [0.05, 0.1) is 11.4 Å². The molecule has 0 fully saturated rings. The Labute approximate surface area is 151 Å². The maximum Gasteiger partial charge on any atom is 0.213 e. The van der Waals surface area contributed by atoms with E-state index in [1.54, 1.807) is 7.05 Å². The van der Waals surface area contributed by atoms with E-state index in [0.717, 1.165) is 55.5 Å². The van der Waals surface area contributed by atoms with Gasteiger partial charge in [0.1, 0.15) is 0 Å². The molecule has 25 heavy (non-hydrogen) atoms. The first-order valence-electron chi connectivity index (χ1n) is 9.06. The number of aromatic nitrogens is 2. The van der Waals surface area contributed by atoms with Crippen LogP contribution in [0, 0.1) is 0 Å². The molecule has 6 heteroatoms. The Hall–Kier alpha value is -1.66. The molecule has 0 spiro atoms. The minimum absolute atomic E-state index is 0.260. The molecule has 1 aromatic carbocycles. The third-order valence-electron chi connectivity index (χ3n) is 4.35. The van der Waals surface area contributed by atoms with Crippen molar-refractivity contribution in [3.63, 3.8) is 0 Å². The fraction of sp³-hybridized carbons (Fsp3) is 0.526. The van der Waals surface area contributed by atoms with Gasteiger partial charge in [-0.15, -0.1) is 0 Å². The number of aromatic amines is 1. The molecule has 1 aromatic heterocycles. The first kappa shape index (κ1) is 19.7. The number of hydrogen-bond donors (Lipinski definition) is 1. The molecule has 0 aliphatic rings. The maximum absolute atomic E-state index is 12.0. The van der Waals surface area contributed by atoms with Gasteiger partial charge in [-0.3, -0.25) is 5.10 Å². The molecule has 2 rings (SSSR count). The first-order chi connectivity index (χ1) is 12.0. The number of nitrogens with zero attached hydrogens (tertiary/aromatic N) is 2. The predicted molar refractivity (Wildman–Crippen MR) is 103 cm³/mol. The van der Waals surface area contributed by atoms with Crippen molar-refractivity contribution in [1.82, 2.24) is 14.5 Å². The fourth-order valence-corrected chi connectivity index (χ4v) is 4.07. The van der Waals surface area contributed by atoms with E-state index in [1.165, 1.54) is 4.31 Å². The average molecular weight is 364 g/mol. The lowest BCUT2D eigenvalue weighted by atomic mass is 10.1. The van der Waals surface area contributed by atoms with E-state index in [9.17, 15) is 8.42 Å². The highest BCUT2D eigenvalue weighted by Gasteiger charge is 2.16. The molecule has 0 saturated heterocycles. The molecule has 1 heterocycles. The third-order valence-corrected chi connectivity index (χ3v) is 6.29. The Morgan fingerprint density at radius 3 is 2.56 bits per heavy atom. The Morgan fingerprint density at radius 1 is 1.08 bits per heavy atom. The number of benzene rings is 1. The van der Waals surface area contributed by atoms with Gasteiger partial charge in [0.15, 0.2) is 0 Å². The SMILES string of the molecule is CCCCS(=O)(=O)N(C)CCCCCc1cc(-c2ccccc2)n[nH]1. The molecule has 138 valence electrons. The van der Waals surface area contributed by atoms with Crippen LogP contribution in [0.25, 0.3) is 11.3 Å². The molecule has 0 aliphatic heterocycles. The summed E-state index contributed by atoms with van der Waals surface area (Å²) in [7, 11) is -1.39. The normalized spacial score (nSPS) is 12.0. The summed E-state index contributed by atoms with van der Waals surface area (Å²) in [6.07, 6.45) is 5.50. The standard InChI is InChI=1S/C19H29N3O2S/c1-3-4-15-25(23,24)22(2)14-10-6-9-13-18-16-19(21-20-18)17-11-7-5-8-12-17/h5,7-8,11-12,16H,3-4,6,9-10,13-15H2,1-2H3,(H,20,21). The van der Waals surface area contributed by atoms with Crippen LogP contribution >= 0.6 is 0 Å². The number of hydrogen-bond acceptors (Lipinski definition) is 3. The van der Waals surface area contributed by atoms with Crippen LogP contribution in [0.1, 0.15) is 44.7 Å². The fourth-order valence-electron chi connectivity index (χ4n) is 2.69. The Bertz CT molecular complexity index is 726. The van der Waals surface area contributed by atoms with Crippen LogP contribution in [0.4, 0.5) is 0 Å². The molecule has 2 aromatic rings. The van der Waals surface area contributed by atoms with Gasteiger partial charge < -0.3 is 0 Å². The van der Waals surface area contributed by atoms with Crippen LogP contribution in [-0.2, 0) is 16.4 Å². The van der Waals surface area contributed by atoms with Crippen LogP contribution in [0.5, 0.6) is 0 Å². The van der Waals surface area contributed by atoms with Crippen LogP contribution in [-0.4, -0.2) is 42.3 Å². The molecule has 1 N–H and O–H groups in total. The third kappa shape index (κ3) is 6.29. The second-order valence-corrected chi connectivity index (χ2v) is 8.64. The van der Waals surface area contributed by atoms with E-state index in [2.05, 4.69) is 28.4 Å². The second-order valence-electron chi connectivity index (χ2n) is 6.45. The van der Waals surface area contributed by atoms with Gasteiger partial charge in [-0.1, -0.05) is 50.1 Å². The van der Waals surface area contributed by atoms with Gasteiger partial charge in [-0.25, -0.2) is 12.7 Å². The number of aryl methyl sites for hydroxylation is 1. The van der Waals surface area contributed by atoms with Crippen molar-refractivity contribution in [1.29, 1.82) is 0 Å². The lowest BCUT2D eigenvalue weighted by Crippen LogP contribution is -2.30. The molecule has 0 bridgehead atoms. The van der Waals surface area contributed by atoms with E-state index in [4.69, 9.17) is 0 Å². The maximum atomic E-state index is 12.0. The van der Waals surface area contributed by atoms with E-state index in [1.807, 2.05) is 25.1 Å². The van der Waals surface area contributed by atoms with Gasteiger partial charge >= 0.3 is 0 Å². The van der Waals surface area contributed by atoms with E-state index >= 15 is 0 Å². The Morgan fingerprint density at radius 2 is 1.84 bits per heavy atom. The molecule has 5 nitrogen and oxygen atoms in total. The number of rotatable bonds is 11. The minimum atomic E-state index is -3.07. The highest BCUT2D eigenvalue weighted by atomic mass is 32.2. The summed E-state index contributed by atoms with van der Waals surface area (Å²) in [6.45, 7) is 2.61. The van der Waals surface area contributed by atoms with Crippen molar-refractivity contribution in [3.05, 3.63) is 42.1 Å². The quantitative estimate of drug-likeness (QED) is 0.617. The zero-order valence-corrected chi connectivity index (χ0v) is 16.1. The Kier molecular flexibility index (Phi) is 7.65. The minimum Gasteiger partial charge on any atom is -0.282 e. The Balaban J connectivity index is 1.69. The van der Waals surface area contributed by atoms with Crippen LogP contribution in [0.15, 0.2) is 36.4 Å². The zero-order valence-electron chi connectivity index (χ0n) is 15.2. The lowest BCUT2D eigenvalue weighted by molar-refractivity contribution is 0.450. The van der Waals surface area contributed by atoms with Crippen molar-refractivity contribution in [3.8, 4) is 11.3 Å². The topological polar surface area (TPSA) is 66.1 Å². The first-order valence-corrected chi connectivity index (χ1v) is 10.7. The molecule has 0 saturated carbocycles. The smallest absolute Gasteiger partial charge is 0.213 e. The average Bonchev–Trinajstić information content (AvgIpc) is 3.09. The summed E-state index contributed by atoms with van der Waals surface area (Å²) in [4.78, 5) is 0. The van der Waals surface area contributed by atoms with Crippen molar-refractivity contribution in [2.45, 2.75) is 45.4 Å². The molecule has 0 unspecified atom stereocenters. The molecular formula is C19H29N3O2S. The van der Waals surface area contributed by atoms with Crippen molar-refractivity contribution in [2.24, 2.45) is 0 Å². The summed E-state index contributed by atoms with van der Waals surface area (Å²) in [5.41, 5.74) is 3.21. The molecular weight excluding hydrogens is 334 g/mol. The van der Waals surface area contributed by atoms with Gasteiger partial charge in [0.2, 0.25) is 10.0 Å². The monoisotopic (exact) mass is 363 g/mol. The van der Waals surface area contributed by atoms with E-state index in [0.29, 0.717) is 6.54 Å². The summed E-state index contributed by atoms with van der Waals surface area (Å²) >= 11 is 0. The number of sulfonamides is 1. The van der Waals surface area contributed by atoms with Gasteiger partial charge in [-0.2, -0.15) is 5.10 Å². The van der Waals surface area contributed by atoms with Gasteiger partial charge in [-0.05, 0) is 31.7 Å². The number of H-pyrrole nitrogens is 1. The van der Waals surface area contributed by atoms with Gasteiger partial charge in [0.25, 0.3) is 0 Å². The summed E-state index contributed by atoms with van der Waals surface area (Å²) in [6, 6.07) is 12.2. The van der Waals surface area contributed by atoms with Crippen LogP contribution < -0.4 is 0 Å².